The molecule has 1 aromatic carbocycles. The lowest BCUT2D eigenvalue weighted by atomic mass is 10.0. The predicted octanol–water partition coefficient (Wildman–Crippen LogP) is 4.32. The van der Waals surface area contributed by atoms with Gasteiger partial charge in [0.05, 0.1) is 6.33 Å². The van der Waals surface area contributed by atoms with Crippen molar-refractivity contribution >= 4 is 0 Å². The number of aromatic nitrogens is 2. The number of imidazole rings is 1. The summed E-state index contributed by atoms with van der Waals surface area (Å²) in [4.78, 5) is 4.08. The van der Waals surface area contributed by atoms with Crippen molar-refractivity contribution in [3.63, 3.8) is 0 Å². The first-order chi connectivity index (χ1) is 10.3. The molecule has 0 fully saturated rings. The summed E-state index contributed by atoms with van der Waals surface area (Å²) in [5.74, 6) is 0. The van der Waals surface area contributed by atoms with Gasteiger partial charge in [-0.25, -0.2) is 4.98 Å². The highest BCUT2D eigenvalue weighted by molar-refractivity contribution is 5.34. The predicted molar refractivity (Wildman–Crippen MR) is 88.6 cm³/mol. The summed E-state index contributed by atoms with van der Waals surface area (Å²) in [6.07, 6.45) is 12.0. The molecule has 1 atom stereocenters. The van der Waals surface area contributed by atoms with Gasteiger partial charge >= 0.3 is 0 Å². The van der Waals surface area contributed by atoms with Crippen LogP contribution in [0.15, 0.2) is 43.0 Å². The summed E-state index contributed by atoms with van der Waals surface area (Å²) < 4.78 is 2.03. The smallest absolute Gasteiger partial charge is 0.0991 e. The molecule has 0 aliphatic carbocycles. The molecular formula is C18H27N3. The molecule has 0 saturated heterocycles. The van der Waals surface area contributed by atoms with Gasteiger partial charge in [-0.3, -0.25) is 0 Å². The van der Waals surface area contributed by atoms with Gasteiger partial charge in [-0.1, -0.05) is 45.2 Å². The monoisotopic (exact) mass is 285 g/mol. The van der Waals surface area contributed by atoms with Crippen LogP contribution in [0, 0.1) is 0 Å². The lowest BCUT2D eigenvalue weighted by Crippen LogP contribution is -2.28. The Morgan fingerprint density at radius 1 is 1.10 bits per heavy atom. The zero-order valence-electron chi connectivity index (χ0n) is 13.3. The Kier molecular flexibility index (Phi) is 6.48. The fraction of sp³-hybridized carbons (Fsp3) is 0.500. The van der Waals surface area contributed by atoms with Crippen LogP contribution >= 0.6 is 0 Å². The first kappa shape index (κ1) is 15.8. The van der Waals surface area contributed by atoms with Gasteiger partial charge in [0.2, 0.25) is 0 Å². The van der Waals surface area contributed by atoms with E-state index in [0.29, 0.717) is 6.04 Å². The van der Waals surface area contributed by atoms with Gasteiger partial charge in [-0.05, 0) is 30.5 Å². The van der Waals surface area contributed by atoms with Gasteiger partial charge in [0.1, 0.15) is 0 Å². The first-order valence-electron chi connectivity index (χ1n) is 8.14. The maximum Gasteiger partial charge on any atom is 0.0991 e. The van der Waals surface area contributed by atoms with Gasteiger partial charge in [0.25, 0.3) is 0 Å². The van der Waals surface area contributed by atoms with E-state index in [0.717, 1.165) is 12.2 Å². The fourth-order valence-electron chi connectivity index (χ4n) is 2.61. The zero-order chi connectivity index (χ0) is 14.9. The summed E-state index contributed by atoms with van der Waals surface area (Å²) in [6.45, 7) is 5.48. The second kappa shape index (κ2) is 8.63. The number of hydrogen-bond donors (Lipinski definition) is 1. The Labute approximate surface area is 128 Å². The van der Waals surface area contributed by atoms with Gasteiger partial charge in [-0.15, -0.1) is 0 Å². The summed E-state index contributed by atoms with van der Waals surface area (Å²) in [7, 11) is 0. The van der Waals surface area contributed by atoms with E-state index in [1.54, 1.807) is 6.20 Å². The van der Waals surface area contributed by atoms with E-state index in [1.165, 1.54) is 37.7 Å². The van der Waals surface area contributed by atoms with Crippen LogP contribution in [0.5, 0.6) is 0 Å². The van der Waals surface area contributed by atoms with Crippen molar-refractivity contribution in [2.45, 2.75) is 58.5 Å². The highest BCUT2D eigenvalue weighted by atomic mass is 15.0. The molecule has 114 valence electrons. The van der Waals surface area contributed by atoms with Crippen LogP contribution in [-0.4, -0.2) is 15.6 Å². The lowest BCUT2D eigenvalue weighted by Gasteiger charge is -2.18. The van der Waals surface area contributed by atoms with E-state index in [-0.39, 0.29) is 0 Å². The Bertz CT molecular complexity index is 488. The summed E-state index contributed by atoms with van der Waals surface area (Å²) in [5, 5.41) is 3.71. The second-order valence-electron chi connectivity index (χ2n) is 5.65. The molecule has 2 aromatic rings. The van der Waals surface area contributed by atoms with Crippen LogP contribution in [0.1, 0.15) is 51.5 Å². The molecule has 1 aromatic heterocycles. The second-order valence-corrected chi connectivity index (χ2v) is 5.65. The first-order valence-corrected chi connectivity index (χ1v) is 8.14. The summed E-state index contributed by atoms with van der Waals surface area (Å²) >= 11 is 0. The number of hydrogen-bond acceptors (Lipinski definition) is 2. The topological polar surface area (TPSA) is 29.9 Å². The number of nitrogens with zero attached hydrogens (tertiary/aromatic N) is 2. The minimum absolute atomic E-state index is 0.656. The van der Waals surface area contributed by atoms with E-state index < -0.39 is 0 Å². The molecule has 0 bridgehead atoms. The van der Waals surface area contributed by atoms with Gasteiger partial charge in [0.15, 0.2) is 0 Å². The van der Waals surface area contributed by atoms with E-state index in [4.69, 9.17) is 0 Å². The number of unbranched alkanes of at least 4 members (excludes halogenated alkanes) is 1. The zero-order valence-corrected chi connectivity index (χ0v) is 13.3. The normalized spacial score (nSPS) is 12.5. The third-order valence-corrected chi connectivity index (χ3v) is 3.88. The van der Waals surface area contributed by atoms with Crippen molar-refractivity contribution in [1.29, 1.82) is 0 Å². The maximum atomic E-state index is 4.08. The Balaban J connectivity index is 1.87. The van der Waals surface area contributed by atoms with E-state index in [1.807, 2.05) is 17.1 Å². The van der Waals surface area contributed by atoms with Gasteiger partial charge in [-0.2, -0.15) is 0 Å². The molecule has 3 nitrogen and oxygen atoms in total. The average molecular weight is 285 g/mol. The molecular weight excluding hydrogens is 258 g/mol. The minimum Gasteiger partial charge on any atom is -0.310 e. The standard InChI is InChI=1S/C18H27N3/c1-3-5-7-17(6-4-2)20-14-16-8-10-18(11-9-16)21-13-12-19-15-21/h8-13,15,17,20H,3-7,14H2,1-2H3. The number of benzene rings is 1. The van der Waals surface area contributed by atoms with Crippen LogP contribution in [0.4, 0.5) is 0 Å². The Morgan fingerprint density at radius 3 is 2.52 bits per heavy atom. The van der Waals surface area contributed by atoms with E-state index in [2.05, 4.69) is 48.4 Å². The van der Waals surface area contributed by atoms with Crippen LogP contribution in [0.3, 0.4) is 0 Å². The van der Waals surface area contributed by atoms with Crippen molar-refractivity contribution in [2.75, 3.05) is 0 Å². The average Bonchev–Trinajstić information content (AvgIpc) is 3.05. The highest BCUT2D eigenvalue weighted by Gasteiger charge is 2.06. The lowest BCUT2D eigenvalue weighted by molar-refractivity contribution is 0.434. The summed E-state index contributed by atoms with van der Waals surface area (Å²) in [5.41, 5.74) is 2.50. The third-order valence-electron chi connectivity index (χ3n) is 3.88. The van der Waals surface area contributed by atoms with Gasteiger partial charge in [0, 0.05) is 30.7 Å². The maximum absolute atomic E-state index is 4.08. The minimum atomic E-state index is 0.656. The van der Waals surface area contributed by atoms with E-state index in [9.17, 15) is 0 Å². The van der Waals surface area contributed by atoms with Crippen molar-refractivity contribution in [3.05, 3.63) is 48.5 Å². The fourth-order valence-corrected chi connectivity index (χ4v) is 2.61. The Hall–Kier alpha value is -1.61. The van der Waals surface area contributed by atoms with Crippen molar-refractivity contribution in [1.82, 2.24) is 14.9 Å². The molecule has 0 spiro atoms. The van der Waals surface area contributed by atoms with Crippen LogP contribution in [-0.2, 0) is 6.54 Å². The molecule has 0 radical (unpaired) electrons. The molecule has 1 N–H and O–H groups in total. The molecule has 0 saturated carbocycles. The van der Waals surface area contributed by atoms with Gasteiger partial charge < -0.3 is 9.88 Å². The molecule has 0 amide bonds. The quantitative estimate of drug-likeness (QED) is 0.743. The molecule has 1 heterocycles. The van der Waals surface area contributed by atoms with Crippen molar-refractivity contribution in [3.8, 4) is 5.69 Å². The molecule has 0 aliphatic heterocycles. The number of rotatable bonds is 9. The van der Waals surface area contributed by atoms with Crippen molar-refractivity contribution < 1.29 is 0 Å². The highest BCUT2D eigenvalue weighted by Crippen LogP contribution is 2.11. The van der Waals surface area contributed by atoms with Crippen LogP contribution < -0.4 is 5.32 Å². The summed E-state index contributed by atoms with van der Waals surface area (Å²) in [6, 6.07) is 9.36. The molecule has 3 heteroatoms. The van der Waals surface area contributed by atoms with Crippen molar-refractivity contribution in [2.24, 2.45) is 0 Å². The number of nitrogens with one attached hydrogen (secondary N) is 1. The molecule has 21 heavy (non-hydrogen) atoms. The molecule has 2 rings (SSSR count). The largest absolute Gasteiger partial charge is 0.310 e. The van der Waals surface area contributed by atoms with Crippen LogP contribution in [0.2, 0.25) is 0 Å². The Morgan fingerprint density at radius 2 is 1.90 bits per heavy atom. The third kappa shape index (κ3) is 5.01. The molecule has 0 aliphatic rings. The van der Waals surface area contributed by atoms with E-state index >= 15 is 0 Å². The molecule has 1 unspecified atom stereocenters. The SMILES string of the molecule is CCCCC(CCC)NCc1ccc(-n2ccnc2)cc1. The van der Waals surface area contributed by atoms with Crippen LogP contribution in [0.25, 0.3) is 5.69 Å².